The van der Waals surface area contributed by atoms with E-state index in [1.54, 1.807) is 16.1 Å². The van der Waals surface area contributed by atoms with E-state index < -0.39 is 0 Å². The summed E-state index contributed by atoms with van der Waals surface area (Å²) in [4.78, 5) is 4.55. The third-order valence-corrected chi connectivity index (χ3v) is 7.22. The van der Waals surface area contributed by atoms with E-state index in [0.29, 0.717) is 6.04 Å². The Hall–Kier alpha value is -2.03. The number of rotatable bonds is 6. The first-order valence-electron chi connectivity index (χ1n) is 10.4. The van der Waals surface area contributed by atoms with E-state index in [9.17, 15) is 0 Å². The van der Waals surface area contributed by atoms with E-state index in [4.69, 9.17) is 4.42 Å². The average Bonchev–Trinajstić information content (AvgIpc) is 3.51. The van der Waals surface area contributed by atoms with Crippen LogP contribution in [0.5, 0.6) is 0 Å². The molecular weight excluding hydrogens is 372 g/mol. The fourth-order valence-electron chi connectivity index (χ4n) is 4.82. The minimum atomic E-state index is 0.237. The maximum atomic E-state index is 5.55. The molecule has 0 unspecified atom stereocenters. The second kappa shape index (κ2) is 8.14. The van der Waals surface area contributed by atoms with Crippen molar-refractivity contribution in [1.82, 2.24) is 20.2 Å². The molecular formula is C20H28N6OS+2. The van der Waals surface area contributed by atoms with Crippen LogP contribution in [0.2, 0.25) is 0 Å². The topological polar surface area (TPSA) is 65.6 Å². The second-order valence-electron chi connectivity index (χ2n) is 8.03. The van der Waals surface area contributed by atoms with E-state index in [1.807, 2.05) is 17.4 Å². The van der Waals surface area contributed by atoms with Gasteiger partial charge in [0.15, 0.2) is 11.8 Å². The molecule has 0 amide bonds. The van der Waals surface area contributed by atoms with Crippen LogP contribution in [0.15, 0.2) is 40.3 Å². The summed E-state index contributed by atoms with van der Waals surface area (Å²) < 4.78 is 7.69. The van der Waals surface area contributed by atoms with Gasteiger partial charge in [-0.3, -0.25) is 0 Å². The minimum Gasteiger partial charge on any atom is -0.463 e. The van der Waals surface area contributed by atoms with Gasteiger partial charge in [-0.15, -0.1) is 16.4 Å². The summed E-state index contributed by atoms with van der Waals surface area (Å²) in [5.41, 5.74) is 0. The molecule has 2 fully saturated rings. The number of tetrazole rings is 1. The molecule has 3 aromatic heterocycles. The van der Waals surface area contributed by atoms with Crippen LogP contribution < -0.4 is 9.80 Å². The van der Waals surface area contributed by atoms with Crippen molar-refractivity contribution in [3.05, 3.63) is 52.4 Å². The molecule has 2 N–H and O–H groups in total. The standard InChI is InChI=1S/C20H26N6OS/c1-2-6-16(5-1)26-20(21-22-23-26)19(18-8-4-14-28-18)25-11-9-24(10-12-25)15-17-7-3-13-27-17/h3-4,7-8,13-14,16,19H,1-2,5-6,9-12,15H2/p+2/t19-/m1/s1. The molecule has 4 heterocycles. The van der Waals surface area contributed by atoms with Crippen LogP contribution in [0.3, 0.4) is 0 Å². The maximum absolute atomic E-state index is 5.55. The molecule has 1 saturated heterocycles. The van der Waals surface area contributed by atoms with Crippen molar-refractivity contribution in [1.29, 1.82) is 0 Å². The van der Waals surface area contributed by atoms with Crippen molar-refractivity contribution in [2.45, 2.75) is 44.3 Å². The molecule has 0 bridgehead atoms. The number of piperazine rings is 1. The van der Waals surface area contributed by atoms with E-state index in [0.717, 1.165) is 44.3 Å². The summed E-state index contributed by atoms with van der Waals surface area (Å²) >= 11 is 1.83. The Labute approximate surface area is 168 Å². The van der Waals surface area contributed by atoms with Gasteiger partial charge in [0, 0.05) is 0 Å². The first-order chi connectivity index (χ1) is 13.9. The van der Waals surface area contributed by atoms with E-state index in [2.05, 4.69) is 43.8 Å². The number of furan rings is 1. The van der Waals surface area contributed by atoms with Crippen LogP contribution in [-0.4, -0.2) is 46.4 Å². The molecule has 1 atom stereocenters. The van der Waals surface area contributed by atoms with Crippen molar-refractivity contribution >= 4 is 11.3 Å². The van der Waals surface area contributed by atoms with Gasteiger partial charge in [-0.2, -0.15) is 0 Å². The summed E-state index contributed by atoms with van der Waals surface area (Å²) in [6.07, 6.45) is 6.74. The number of hydrogen-bond donors (Lipinski definition) is 2. The van der Waals surface area contributed by atoms with Crippen molar-refractivity contribution < 1.29 is 14.2 Å². The molecule has 0 spiro atoms. The van der Waals surface area contributed by atoms with Crippen LogP contribution in [0.25, 0.3) is 0 Å². The van der Waals surface area contributed by atoms with Crippen molar-refractivity contribution in [2.24, 2.45) is 0 Å². The summed E-state index contributed by atoms with van der Waals surface area (Å²) in [6.45, 7) is 5.50. The van der Waals surface area contributed by atoms with Gasteiger partial charge in [-0.05, 0) is 46.8 Å². The normalized spacial score (nSPS) is 24.6. The highest BCUT2D eigenvalue weighted by Gasteiger charge is 2.37. The summed E-state index contributed by atoms with van der Waals surface area (Å²) in [5.74, 6) is 2.14. The van der Waals surface area contributed by atoms with Gasteiger partial charge in [0.05, 0.1) is 17.2 Å². The summed E-state index contributed by atoms with van der Waals surface area (Å²) in [6, 6.07) is 9.16. The number of nitrogens with zero attached hydrogens (tertiary/aromatic N) is 4. The number of quaternary nitrogens is 2. The number of nitrogens with one attached hydrogen (secondary N) is 2. The van der Waals surface area contributed by atoms with Gasteiger partial charge in [0.25, 0.3) is 0 Å². The third kappa shape index (κ3) is 3.64. The van der Waals surface area contributed by atoms with Gasteiger partial charge in [-0.1, -0.05) is 18.9 Å². The lowest BCUT2D eigenvalue weighted by atomic mass is 10.1. The zero-order valence-electron chi connectivity index (χ0n) is 16.1. The molecule has 1 aliphatic heterocycles. The molecule has 7 nitrogen and oxygen atoms in total. The summed E-state index contributed by atoms with van der Waals surface area (Å²) in [7, 11) is 0. The lowest BCUT2D eigenvalue weighted by Gasteiger charge is -2.33. The molecule has 2 aliphatic rings. The van der Waals surface area contributed by atoms with Crippen molar-refractivity contribution in [3.63, 3.8) is 0 Å². The molecule has 3 aromatic rings. The molecule has 0 aromatic carbocycles. The average molecular weight is 401 g/mol. The molecule has 8 heteroatoms. The Kier molecular flexibility index (Phi) is 5.24. The zero-order chi connectivity index (χ0) is 18.8. The van der Waals surface area contributed by atoms with Crippen LogP contribution in [0.1, 0.15) is 54.2 Å². The highest BCUT2D eigenvalue weighted by molar-refractivity contribution is 7.10. The lowest BCUT2D eigenvalue weighted by molar-refractivity contribution is -1.03. The molecule has 148 valence electrons. The quantitative estimate of drug-likeness (QED) is 0.633. The minimum absolute atomic E-state index is 0.237. The summed E-state index contributed by atoms with van der Waals surface area (Å²) in [5, 5.41) is 15.2. The molecule has 28 heavy (non-hydrogen) atoms. The largest absolute Gasteiger partial charge is 0.463 e. The Morgan fingerprint density at radius 2 is 2.00 bits per heavy atom. The van der Waals surface area contributed by atoms with Gasteiger partial charge in [-0.25, -0.2) is 4.68 Å². The predicted octanol–water partition coefficient (Wildman–Crippen LogP) is 0.516. The first kappa shape index (κ1) is 18.0. The Balaban J connectivity index is 1.35. The van der Waals surface area contributed by atoms with Crippen LogP contribution >= 0.6 is 11.3 Å². The molecule has 5 rings (SSSR count). The first-order valence-corrected chi connectivity index (χ1v) is 11.3. The van der Waals surface area contributed by atoms with Gasteiger partial charge < -0.3 is 14.2 Å². The maximum Gasteiger partial charge on any atom is 0.215 e. The number of aromatic nitrogens is 4. The predicted molar refractivity (Wildman–Crippen MR) is 105 cm³/mol. The third-order valence-electron chi connectivity index (χ3n) is 6.29. The lowest BCUT2D eigenvalue weighted by Crippen LogP contribution is -3.27. The van der Waals surface area contributed by atoms with Gasteiger partial charge >= 0.3 is 0 Å². The fourth-order valence-corrected chi connectivity index (χ4v) is 5.70. The second-order valence-corrected chi connectivity index (χ2v) is 9.01. The van der Waals surface area contributed by atoms with E-state index >= 15 is 0 Å². The molecule has 0 radical (unpaired) electrons. The van der Waals surface area contributed by atoms with Crippen LogP contribution in [0, 0.1) is 0 Å². The smallest absolute Gasteiger partial charge is 0.215 e. The number of hydrogen-bond acceptors (Lipinski definition) is 5. The van der Waals surface area contributed by atoms with Gasteiger partial charge in [0.1, 0.15) is 32.7 Å². The van der Waals surface area contributed by atoms with Crippen molar-refractivity contribution in [3.8, 4) is 0 Å². The number of thiophene rings is 1. The van der Waals surface area contributed by atoms with E-state index in [1.165, 1.54) is 30.6 Å². The van der Waals surface area contributed by atoms with Crippen molar-refractivity contribution in [2.75, 3.05) is 26.2 Å². The monoisotopic (exact) mass is 400 g/mol. The zero-order valence-corrected chi connectivity index (χ0v) is 16.9. The SMILES string of the molecule is c1coc(C[NH+]2CC[NH+]([C@H](c3cccs3)c3nnnn3C3CCCC3)CC2)c1. The fraction of sp³-hybridized carbons (Fsp3) is 0.550. The van der Waals surface area contributed by atoms with Gasteiger partial charge in [0.2, 0.25) is 5.82 Å². The Bertz CT molecular complexity index is 847. The molecule has 1 aliphatic carbocycles. The Morgan fingerprint density at radius 1 is 1.14 bits per heavy atom. The van der Waals surface area contributed by atoms with E-state index in [-0.39, 0.29) is 6.04 Å². The van der Waals surface area contributed by atoms with Crippen LogP contribution in [0.4, 0.5) is 0 Å². The Morgan fingerprint density at radius 3 is 2.71 bits per heavy atom. The highest BCUT2D eigenvalue weighted by Crippen LogP contribution is 2.31. The highest BCUT2D eigenvalue weighted by atomic mass is 32.1. The molecule has 1 saturated carbocycles. The van der Waals surface area contributed by atoms with Crippen LogP contribution in [-0.2, 0) is 6.54 Å².